The lowest BCUT2D eigenvalue weighted by atomic mass is 10.0. The van der Waals surface area contributed by atoms with Gasteiger partial charge in [-0.25, -0.2) is 4.98 Å². The lowest BCUT2D eigenvalue weighted by molar-refractivity contribution is 0.151. The van der Waals surface area contributed by atoms with Gasteiger partial charge in [0.25, 0.3) is 0 Å². The van der Waals surface area contributed by atoms with Gasteiger partial charge in [0.05, 0.1) is 29.9 Å². The topological polar surface area (TPSA) is 37.4 Å². The SMILES string of the molecule is COc1ccccc1C1CNCCN1Cc1nc2ccccc2s1. The van der Waals surface area contributed by atoms with Crippen LogP contribution in [0.3, 0.4) is 0 Å². The van der Waals surface area contributed by atoms with E-state index in [0.717, 1.165) is 37.4 Å². The Morgan fingerprint density at radius 3 is 2.92 bits per heavy atom. The number of ether oxygens (including phenoxy) is 1. The summed E-state index contributed by atoms with van der Waals surface area (Å²) in [5.41, 5.74) is 2.34. The molecular formula is C19H21N3OS. The van der Waals surface area contributed by atoms with Crippen molar-refractivity contribution in [3.05, 3.63) is 59.1 Å². The van der Waals surface area contributed by atoms with Gasteiger partial charge in [0.2, 0.25) is 0 Å². The van der Waals surface area contributed by atoms with E-state index < -0.39 is 0 Å². The molecule has 0 spiro atoms. The molecule has 0 bridgehead atoms. The highest BCUT2D eigenvalue weighted by molar-refractivity contribution is 7.18. The summed E-state index contributed by atoms with van der Waals surface area (Å²) in [6, 6.07) is 17.0. The summed E-state index contributed by atoms with van der Waals surface area (Å²) in [6.07, 6.45) is 0. The molecule has 0 radical (unpaired) electrons. The number of hydrogen-bond acceptors (Lipinski definition) is 5. The van der Waals surface area contributed by atoms with Crippen LogP contribution in [0.2, 0.25) is 0 Å². The third-order valence-corrected chi connectivity index (χ3v) is 5.55. The fourth-order valence-corrected chi connectivity index (χ4v) is 4.34. The molecule has 24 heavy (non-hydrogen) atoms. The Kier molecular flexibility index (Phi) is 4.47. The summed E-state index contributed by atoms with van der Waals surface area (Å²) in [5.74, 6) is 0.959. The first-order valence-corrected chi connectivity index (χ1v) is 9.09. The van der Waals surface area contributed by atoms with Gasteiger partial charge in [-0.05, 0) is 18.2 Å². The molecule has 1 atom stereocenters. The molecule has 0 saturated carbocycles. The van der Waals surface area contributed by atoms with Gasteiger partial charge in [-0.3, -0.25) is 4.90 Å². The predicted octanol–water partition coefficient (Wildman–Crippen LogP) is 3.45. The lowest BCUT2D eigenvalue weighted by Crippen LogP contribution is -2.45. The molecule has 3 aromatic rings. The van der Waals surface area contributed by atoms with Crippen LogP contribution < -0.4 is 10.1 Å². The highest BCUT2D eigenvalue weighted by Crippen LogP contribution is 2.32. The normalized spacial score (nSPS) is 18.8. The van der Waals surface area contributed by atoms with Crippen molar-refractivity contribution in [2.75, 3.05) is 26.7 Å². The lowest BCUT2D eigenvalue weighted by Gasteiger charge is -2.36. The minimum Gasteiger partial charge on any atom is -0.496 e. The Morgan fingerprint density at radius 1 is 1.21 bits per heavy atom. The molecule has 4 nitrogen and oxygen atoms in total. The van der Waals surface area contributed by atoms with Gasteiger partial charge in [-0.2, -0.15) is 0 Å². The Hall–Kier alpha value is -1.95. The smallest absolute Gasteiger partial charge is 0.123 e. The summed E-state index contributed by atoms with van der Waals surface area (Å²) >= 11 is 1.79. The summed E-state index contributed by atoms with van der Waals surface area (Å²) in [5, 5.41) is 4.69. The maximum absolute atomic E-state index is 5.58. The molecule has 1 aliphatic heterocycles. The van der Waals surface area contributed by atoms with Crippen molar-refractivity contribution in [3.63, 3.8) is 0 Å². The van der Waals surface area contributed by atoms with Gasteiger partial charge in [-0.1, -0.05) is 30.3 Å². The zero-order valence-electron chi connectivity index (χ0n) is 13.7. The van der Waals surface area contributed by atoms with Crippen LogP contribution in [-0.4, -0.2) is 36.6 Å². The zero-order valence-corrected chi connectivity index (χ0v) is 14.6. The molecule has 0 amide bonds. The first-order valence-electron chi connectivity index (χ1n) is 8.27. The Bertz CT molecular complexity index is 799. The molecule has 0 aliphatic carbocycles. The summed E-state index contributed by atoms with van der Waals surface area (Å²) in [7, 11) is 1.74. The van der Waals surface area contributed by atoms with Crippen molar-refractivity contribution in [3.8, 4) is 5.75 Å². The molecule has 4 rings (SSSR count). The quantitative estimate of drug-likeness (QED) is 0.790. The maximum atomic E-state index is 5.58. The number of hydrogen-bond donors (Lipinski definition) is 1. The van der Waals surface area contributed by atoms with Crippen molar-refractivity contribution < 1.29 is 4.74 Å². The van der Waals surface area contributed by atoms with E-state index in [2.05, 4.69) is 40.5 Å². The standard InChI is InChI=1S/C19H21N3OS/c1-23-17-8-4-2-6-14(17)16-12-20-10-11-22(16)13-19-21-15-7-3-5-9-18(15)24-19/h2-9,16,20H,10-13H2,1H3. The first-order chi connectivity index (χ1) is 11.8. The molecule has 1 saturated heterocycles. The van der Waals surface area contributed by atoms with Crippen LogP contribution in [0.15, 0.2) is 48.5 Å². The van der Waals surface area contributed by atoms with Crippen LogP contribution in [0.4, 0.5) is 0 Å². The minimum absolute atomic E-state index is 0.307. The molecule has 1 fully saturated rings. The van der Waals surface area contributed by atoms with Crippen molar-refractivity contribution >= 4 is 21.6 Å². The molecule has 1 unspecified atom stereocenters. The first kappa shape index (κ1) is 15.6. The van der Waals surface area contributed by atoms with Crippen molar-refractivity contribution in [1.82, 2.24) is 15.2 Å². The van der Waals surface area contributed by atoms with Crippen LogP contribution in [0.1, 0.15) is 16.6 Å². The van der Waals surface area contributed by atoms with Crippen LogP contribution in [0.25, 0.3) is 10.2 Å². The average molecular weight is 339 g/mol. The fraction of sp³-hybridized carbons (Fsp3) is 0.316. The zero-order chi connectivity index (χ0) is 16.4. The number of fused-ring (bicyclic) bond motifs is 1. The van der Waals surface area contributed by atoms with Crippen LogP contribution >= 0.6 is 11.3 Å². The Morgan fingerprint density at radius 2 is 2.04 bits per heavy atom. The maximum Gasteiger partial charge on any atom is 0.123 e. The molecule has 1 N–H and O–H groups in total. The number of nitrogens with zero attached hydrogens (tertiary/aromatic N) is 2. The van der Waals surface area contributed by atoms with Crippen molar-refractivity contribution in [2.24, 2.45) is 0 Å². The molecule has 124 valence electrons. The van der Waals surface area contributed by atoms with E-state index in [4.69, 9.17) is 9.72 Å². The van der Waals surface area contributed by atoms with Gasteiger partial charge in [0.1, 0.15) is 10.8 Å². The second kappa shape index (κ2) is 6.89. The molecule has 2 aromatic carbocycles. The van der Waals surface area contributed by atoms with E-state index in [1.54, 1.807) is 18.4 Å². The van der Waals surface area contributed by atoms with Crippen LogP contribution in [0.5, 0.6) is 5.75 Å². The summed E-state index contributed by atoms with van der Waals surface area (Å²) in [4.78, 5) is 7.31. The van der Waals surface area contributed by atoms with Gasteiger partial charge in [0.15, 0.2) is 0 Å². The van der Waals surface area contributed by atoms with E-state index in [0.29, 0.717) is 6.04 Å². The Labute approximate surface area is 146 Å². The molecule has 5 heteroatoms. The molecule has 1 aliphatic rings. The average Bonchev–Trinajstić information content (AvgIpc) is 3.04. The largest absolute Gasteiger partial charge is 0.496 e. The van der Waals surface area contributed by atoms with E-state index in [-0.39, 0.29) is 0 Å². The van der Waals surface area contributed by atoms with Crippen molar-refractivity contribution in [2.45, 2.75) is 12.6 Å². The van der Waals surface area contributed by atoms with E-state index >= 15 is 0 Å². The second-order valence-electron chi connectivity index (χ2n) is 6.01. The number of methoxy groups -OCH3 is 1. The third kappa shape index (κ3) is 3.02. The summed E-state index contributed by atoms with van der Waals surface area (Å²) < 4.78 is 6.84. The summed E-state index contributed by atoms with van der Waals surface area (Å²) in [6.45, 7) is 3.84. The van der Waals surface area contributed by atoms with E-state index in [1.807, 2.05) is 18.2 Å². The number of piperazine rings is 1. The van der Waals surface area contributed by atoms with Gasteiger partial charge in [-0.15, -0.1) is 11.3 Å². The number of rotatable bonds is 4. The van der Waals surface area contributed by atoms with Gasteiger partial charge >= 0.3 is 0 Å². The van der Waals surface area contributed by atoms with Gasteiger partial charge < -0.3 is 10.1 Å². The molecular weight excluding hydrogens is 318 g/mol. The number of benzene rings is 2. The number of para-hydroxylation sites is 2. The molecule has 1 aromatic heterocycles. The monoisotopic (exact) mass is 339 g/mol. The predicted molar refractivity (Wildman–Crippen MR) is 98.6 cm³/mol. The highest BCUT2D eigenvalue weighted by atomic mass is 32.1. The van der Waals surface area contributed by atoms with Gasteiger partial charge in [0, 0.05) is 25.2 Å². The highest BCUT2D eigenvalue weighted by Gasteiger charge is 2.26. The number of nitrogens with one attached hydrogen (secondary N) is 1. The van der Waals surface area contributed by atoms with E-state index in [1.165, 1.54) is 15.3 Å². The van der Waals surface area contributed by atoms with Crippen LogP contribution in [0, 0.1) is 0 Å². The van der Waals surface area contributed by atoms with Crippen LogP contribution in [-0.2, 0) is 6.54 Å². The number of thiazole rings is 1. The minimum atomic E-state index is 0.307. The van der Waals surface area contributed by atoms with Crippen molar-refractivity contribution in [1.29, 1.82) is 0 Å². The second-order valence-corrected chi connectivity index (χ2v) is 7.12. The Balaban J connectivity index is 1.62. The third-order valence-electron chi connectivity index (χ3n) is 4.53. The fourth-order valence-electron chi connectivity index (χ4n) is 3.35. The van der Waals surface area contributed by atoms with E-state index in [9.17, 15) is 0 Å². The molecule has 2 heterocycles. The number of aromatic nitrogens is 1.